The number of aromatic nitrogens is 2. The van der Waals surface area contributed by atoms with E-state index in [4.69, 9.17) is 4.74 Å². The van der Waals surface area contributed by atoms with Crippen LogP contribution in [0.25, 0.3) is 11.0 Å². The lowest BCUT2D eigenvalue weighted by molar-refractivity contribution is -0.141. The Bertz CT molecular complexity index is 819. The van der Waals surface area contributed by atoms with Crippen LogP contribution in [0.5, 0.6) is 0 Å². The predicted octanol–water partition coefficient (Wildman–Crippen LogP) is 1.34. The van der Waals surface area contributed by atoms with Crippen LogP contribution in [0.2, 0.25) is 0 Å². The summed E-state index contributed by atoms with van der Waals surface area (Å²) in [5.74, 6) is -0.155. The number of morpholine rings is 1. The largest absolute Gasteiger partial charge is 0.378 e. The molecule has 136 valence electrons. The third kappa shape index (κ3) is 3.39. The van der Waals surface area contributed by atoms with Gasteiger partial charge in [-0.25, -0.2) is 4.98 Å². The summed E-state index contributed by atoms with van der Waals surface area (Å²) < 4.78 is 5.32. The second-order valence-corrected chi connectivity index (χ2v) is 6.77. The number of piperidine rings is 1. The summed E-state index contributed by atoms with van der Waals surface area (Å²) in [6, 6.07) is 7.49. The average molecular weight is 354 g/mol. The van der Waals surface area contributed by atoms with Gasteiger partial charge in [0.25, 0.3) is 5.91 Å². The third-order valence-corrected chi connectivity index (χ3v) is 5.05. The standard InChI is InChI=1S/C19H22N4O3/c24-18(22-8-10-26-11-9-22)14-4-3-7-23(13-14)19(25)17-12-20-15-5-1-2-6-16(15)21-17/h1-2,5-6,12,14H,3-4,7-11,13H2. The van der Waals surface area contributed by atoms with Crippen LogP contribution < -0.4 is 0 Å². The molecule has 2 amide bonds. The molecule has 2 aliphatic heterocycles. The van der Waals surface area contributed by atoms with Crippen molar-refractivity contribution in [3.05, 3.63) is 36.2 Å². The van der Waals surface area contributed by atoms with Crippen molar-refractivity contribution < 1.29 is 14.3 Å². The van der Waals surface area contributed by atoms with Gasteiger partial charge in [-0.05, 0) is 25.0 Å². The van der Waals surface area contributed by atoms with Crippen molar-refractivity contribution in [1.82, 2.24) is 19.8 Å². The fourth-order valence-corrected chi connectivity index (χ4v) is 3.63. The Balaban J connectivity index is 1.47. The van der Waals surface area contributed by atoms with Crippen molar-refractivity contribution in [1.29, 1.82) is 0 Å². The van der Waals surface area contributed by atoms with E-state index in [0.29, 0.717) is 50.6 Å². The van der Waals surface area contributed by atoms with Gasteiger partial charge in [0.05, 0.1) is 36.4 Å². The molecular formula is C19H22N4O3. The van der Waals surface area contributed by atoms with Crippen LogP contribution in [-0.2, 0) is 9.53 Å². The van der Waals surface area contributed by atoms with E-state index < -0.39 is 0 Å². The molecule has 1 atom stereocenters. The fourth-order valence-electron chi connectivity index (χ4n) is 3.63. The van der Waals surface area contributed by atoms with Gasteiger partial charge in [-0.3, -0.25) is 14.6 Å². The Hall–Kier alpha value is -2.54. The number of nitrogens with zero attached hydrogens (tertiary/aromatic N) is 4. The molecule has 2 saturated heterocycles. The number of para-hydroxylation sites is 2. The van der Waals surface area contributed by atoms with Crippen LogP contribution in [0.1, 0.15) is 23.3 Å². The number of carbonyl (C=O) groups is 2. The Morgan fingerprint density at radius 1 is 1.04 bits per heavy atom. The first-order chi connectivity index (χ1) is 12.7. The van der Waals surface area contributed by atoms with Crippen molar-refractivity contribution in [2.24, 2.45) is 5.92 Å². The molecule has 0 spiro atoms. The minimum Gasteiger partial charge on any atom is -0.378 e. The Labute approximate surface area is 152 Å². The highest BCUT2D eigenvalue weighted by atomic mass is 16.5. The smallest absolute Gasteiger partial charge is 0.274 e. The third-order valence-electron chi connectivity index (χ3n) is 5.05. The number of amides is 2. The molecule has 7 heteroatoms. The molecule has 7 nitrogen and oxygen atoms in total. The molecule has 3 heterocycles. The van der Waals surface area contributed by atoms with E-state index in [1.165, 1.54) is 6.20 Å². The van der Waals surface area contributed by atoms with Gasteiger partial charge in [0.2, 0.25) is 5.91 Å². The van der Waals surface area contributed by atoms with Gasteiger partial charge < -0.3 is 14.5 Å². The molecule has 0 N–H and O–H groups in total. The van der Waals surface area contributed by atoms with Crippen molar-refractivity contribution >= 4 is 22.8 Å². The Kier molecular flexibility index (Phi) is 4.79. The summed E-state index contributed by atoms with van der Waals surface area (Å²) >= 11 is 0. The number of fused-ring (bicyclic) bond motifs is 1. The highest BCUT2D eigenvalue weighted by Crippen LogP contribution is 2.21. The minimum absolute atomic E-state index is 0.135. The molecule has 0 radical (unpaired) electrons. The quantitative estimate of drug-likeness (QED) is 0.814. The van der Waals surface area contributed by atoms with Crippen LogP contribution >= 0.6 is 0 Å². The van der Waals surface area contributed by atoms with Crippen LogP contribution in [-0.4, -0.2) is 71.0 Å². The van der Waals surface area contributed by atoms with Gasteiger partial charge in [0, 0.05) is 26.2 Å². The molecule has 0 bridgehead atoms. The number of likely N-dealkylation sites (tertiary alicyclic amines) is 1. The van der Waals surface area contributed by atoms with Crippen molar-refractivity contribution in [2.45, 2.75) is 12.8 Å². The van der Waals surface area contributed by atoms with E-state index in [-0.39, 0.29) is 17.7 Å². The molecule has 1 aromatic carbocycles. The first kappa shape index (κ1) is 16.9. The maximum atomic E-state index is 12.9. The van der Waals surface area contributed by atoms with Gasteiger partial charge in [-0.15, -0.1) is 0 Å². The summed E-state index contributed by atoms with van der Waals surface area (Å²) in [4.78, 5) is 38.0. The second kappa shape index (κ2) is 7.37. The molecule has 2 aliphatic rings. The minimum atomic E-state index is -0.150. The maximum Gasteiger partial charge on any atom is 0.274 e. The van der Waals surface area contributed by atoms with Gasteiger partial charge >= 0.3 is 0 Å². The molecule has 0 saturated carbocycles. The van der Waals surface area contributed by atoms with Crippen LogP contribution in [0.3, 0.4) is 0 Å². The van der Waals surface area contributed by atoms with E-state index in [9.17, 15) is 9.59 Å². The topological polar surface area (TPSA) is 75.6 Å². The molecule has 1 aromatic heterocycles. The fraction of sp³-hybridized carbons (Fsp3) is 0.474. The van der Waals surface area contributed by atoms with E-state index in [1.807, 2.05) is 29.2 Å². The van der Waals surface area contributed by atoms with Crippen molar-refractivity contribution in [2.75, 3.05) is 39.4 Å². The SMILES string of the molecule is O=C(c1cnc2ccccc2n1)N1CCCC(C(=O)N2CCOCC2)C1. The van der Waals surface area contributed by atoms with Crippen LogP contribution in [0.4, 0.5) is 0 Å². The molecule has 0 aliphatic carbocycles. The van der Waals surface area contributed by atoms with Crippen molar-refractivity contribution in [3.8, 4) is 0 Å². The monoisotopic (exact) mass is 354 g/mol. The first-order valence-corrected chi connectivity index (χ1v) is 9.10. The summed E-state index contributed by atoms with van der Waals surface area (Å²) in [6.45, 7) is 3.56. The number of hydrogen-bond donors (Lipinski definition) is 0. The average Bonchev–Trinajstić information content (AvgIpc) is 2.73. The molecule has 26 heavy (non-hydrogen) atoms. The lowest BCUT2D eigenvalue weighted by Crippen LogP contribution is -2.49. The van der Waals surface area contributed by atoms with Gasteiger partial charge in [0.15, 0.2) is 0 Å². The predicted molar refractivity (Wildman–Crippen MR) is 95.6 cm³/mol. The normalized spacial score (nSPS) is 21.0. The van der Waals surface area contributed by atoms with Gasteiger partial charge in [-0.1, -0.05) is 12.1 Å². The van der Waals surface area contributed by atoms with E-state index in [1.54, 1.807) is 4.90 Å². The molecular weight excluding hydrogens is 332 g/mol. The van der Waals surface area contributed by atoms with E-state index in [2.05, 4.69) is 9.97 Å². The maximum absolute atomic E-state index is 12.9. The first-order valence-electron chi connectivity index (χ1n) is 9.10. The second-order valence-electron chi connectivity index (χ2n) is 6.77. The summed E-state index contributed by atoms with van der Waals surface area (Å²) in [6.07, 6.45) is 3.18. The summed E-state index contributed by atoms with van der Waals surface area (Å²) in [5, 5.41) is 0. The zero-order valence-corrected chi connectivity index (χ0v) is 14.6. The highest BCUT2D eigenvalue weighted by Gasteiger charge is 2.32. The zero-order valence-electron chi connectivity index (χ0n) is 14.6. The Morgan fingerprint density at radius 3 is 2.62 bits per heavy atom. The number of ether oxygens (including phenoxy) is 1. The molecule has 2 aromatic rings. The molecule has 1 unspecified atom stereocenters. The van der Waals surface area contributed by atoms with Crippen LogP contribution in [0.15, 0.2) is 30.5 Å². The Morgan fingerprint density at radius 2 is 1.81 bits per heavy atom. The van der Waals surface area contributed by atoms with Crippen LogP contribution in [0, 0.1) is 5.92 Å². The highest BCUT2D eigenvalue weighted by molar-refractivity contribution is 5.94. The lowest BCUT2D eigenvalue weighted by atomic mass is 9.96. The number of benzene rings is 1. The molecule has 2 fully saturated rings. The number of rotatable bonds is 2. The zero-order chi connectivity index (χ0) is 17.9. The molecule has 4 rings (SSSR count). The summed E-state index contributed by atoms with van der Waals surface area (Å²) in [7, 11) is 0. The van der Waals surface area contributed by atoms with Gasteiger partial charge in [-0.2, -0.15) is 0 Å². The summed E-state index contributed by atoms with van der Waals surface area (Å²) in [5.41, 5.74) is 1.81. The van der Waals surface area contributed by atoms with E-state index in [0.717, 1.165) is 18.4 Å². The van der Waals surface area contributed by atoms with Gasteiger partial charge in [0.1, 0.15) is 5.69 Å². The lowest BCUT2D eigenvalue weighted by Gasteiger charge is -2.36. The number of carbonyl (C=O) groups excluding carboxylic acids is 2. The van der Waals surface area contributed by atoms with Crippen molar-refractivity contribution in [3.63, 3.8) is 0 Å². The number of hydrogen-bond acceptors (Lipinski definition) is 5. The van der Waals surface area contributed by atoms with E-state index >= 15 is 0 Å².